The molecule has 0 N–H and O–H groups in total. The van der Waals surface area contributed by atoms with Crippen LogP contribution in [0.5, 0.6) is 17.2 Å². The molecule has 6 nitrogen and oxygen atoms in total. The van der Waals surface area contributed by atoms with E-state index in [2.05, 4.69) is 11.3 Å². The van der Waals surface area contributed by atoms with Crippen LogP contribution in [0.3, 0.4) is 0 Å². The zero-order valence-electron chi connectivity index (χ0n) is 15.6. The highest BCUT2D eigenvalue weighted by Gasteiger charge is 2.40. The second-order valence-corrected chi connectivity index (χ2v) is 6.11. The summed E-state index contributed by atoms with van der Waals surface area (Å²) in [7, 11) is 0. The van der Waals surface area contributed by atoms with Crippen LogP contribution in [0.15, 0.2) is 64.3 Å². The smallest absolute Gasteiger partial charge is 0.449 e. The van der Waals surface area contributed by atoms with Crippen molar-refractivity contribution in [2.75, 3.05) is 6.61 Å². The van der Waals surface area contributed by atoms with Crippen molar-refractivity contribution < 1.29 is 36.6 Å². The number of hydrogen-bond acceptors (Lipinski definition) is 6. The highest BCUT2D eigenvalue weighted by molar-refractivity contribution is 5.80. The number of ether oxygens (including phenoxy) is 3. The Kier molecular flexibility index (Phi) is 5.81. The van der Waals surface area contributed by atoms with E-state index in [1.54, 1.807) is 19.1 Å². The van der Waals surface area contributed by atoms with E-state index in [1.165, 1.54) is 30.3 Å². The predicted octanol–water partition coefficient (Wildman–Crippen LogP) is 5.61. The standard InChI is InChI=1S/C21H15F3O6/c1-3-10-27-20(26)29-14-8-9-15-16(11-14)30-19(21(22,23)24)18(17(15)25)28-13-6-4-12(2)5-7-13/h3-9,11H,1,10H2,2H3. The summed E-state index contributed by atoms with van der Waals surface area (Å²) in [5, 5.41) is -0.183. The summed E-state index contributed by atoms with van der Waals surface area (Å²) in [6.45, 7) is 5.05. The van der Waals surface area contributed by atoms with Gasteiger partial charge in [0.2, 0.25) is 11.2 Å². The zero-order chi connectivity index (χ0) is 21.9. The minimum absolute atomic E-state index is 0.0441. The molecule has 0 saturated carbocycles. The molecule has 0 fully saturated rings. The molecule has 1 heterocycles. The Balaban J connectivity index is 2.06. The van der Waals surface area contributed by atoms with Gasteiger partial charge in [-0.15, -0.1) is 0 Å². The van der Waals surface area contributed by atoms with Crippen LogP contribution in [0.4, 0.5) is 18.0 Å². The number of carbonyl (C=O) groups excluding carboxylic acids is 1. The highest BCUT2D eigenvalue weighted by atomic mass is 19.4. The molecular weight excluding hydrogens is 405 g/mol. The Morgan fingerprint density at radius 3 is 2.43 bits per heavy atom. The molecule has 1 aromatic heterocycles. The van der Waals surface area contributed by atoms with E-state index in [0.717, 1.165) is 11.6 Å². The third-order valence-corrected chi connectivity index (χ3v) is 3.84. The first kappa shape index (κ1) is 21.0. The van der Waals surface area contributed by atoms with Gasteiger partial charge in [0.05, 0.1) is 5.39 Å². The number of hydrogen-bond donors (Lipinski definition) is 0. The molecule has 0 spiro atoms. The van der Waals surface area contributed by atoms with Gasteiger partial charge in [-0.1, -0.05) is 30.4 Å². The third-order valence-electron chi connectivity index (χ3n) is 3.84. The van der Waals surface area contributed by atoms with E-state index in [-0.39, 0.29) is 23.5 Å². The normalized spacial score (nSPS) is 11.2. The Labute approximate surface area is 168 Å². The second-order valence-electron chi connectivity index (χ2n) is 6.11. The van der Waals surface area contributed by atoms with E-state index >= 15 is 0 Å². The fraction of sp³-hybridized carbons (Fsp3) is 0.143. The predicted molar refractivity (Wildman–Crippen MR) is 101 cm³/mol. The molecule has 156 valence electrons. The molecule has 0 bridgehead atoms. The van der Waals surface area contributed by atoms with Crippen molar-refractivity contribution in [3.8, 4) is 17.2 Å². The maximum Gasteiger partial charge on any atom is 0.514 e. The van der Waals surface area contributed by atoms with E-state index in [1.807, 2.05) is 0 Å². The first-order chi connectivity index (χ1) is 14.2. The van der Waals surface area contributed by atoms with Gasteiger partial charge in [0.1, 0.15) is 23.7 Å². The first-order valence-electron chi connectivity index (χ1n) is 8.57. The molecule has 0 aliphatic rings. The quantitative estimate of drug-likeness (QED) is 0.303. The summed E-state index contributed by atoms with van der Waals surface area (Å²) < 4.78 is 60.3. The summed E-state index contributed by atoms with van der Waals surface area (Å²) in [6.07, 6.45) is -4.79. The maximum absolute atomic E-state index is 13.5. The van der Waals surface area contributed by atoms with Gasteiger partial charge in [-0.3, -0.25) is 4.79 Å². The van der Waals surface area contributed by atoms with Crippen LogP contribution in [0.1, 0.15) is 11.3 Å². The van der Waals surface area contributed by atoms with Gasteiger partial charge in [-0.2, -0.15) is 13.2 Å². The van der Waals surface area contributed by atoms with E-state index in [0.29, 0.717) is 0 Å². The van der Waals surface area contributed by atoms with Crippen LogP contribution < -0.4 is 14.9 Å². The van der Waals surface area contributed by atoms with Crippen LogP contribution >= 0.6 is 0 Å². The van der Waals surface area contributed by atoms with E-state index in [9.17, 15) is 22.8 Å². The maximum atomic E-state index is 13.5. The molecular formula is C21H15F3O6. The van der Waals surface area contributed by atoms with Gasteiger partial charge in [0.25, 0.3) is 5.76 Å². The molecule has 0 unspecified atom stereocenters. The fourth-order valence-corrected chi connectivity index (χ4v) is 2.48. The van der Waals surface area contributed by atoms with Crippen LogP contribution in [0.25, 0.3) is 11.0 Å². The van der Waals surface area contributed by atoms with Crippen molar-refractivity contribution in [2.24, 2.45) is 0 Å². The topological polar surface area (TPSA) is 75.0 Å². The summed E-state index contributed by atoms with van der Waals surface area (Å²) in [6, 6.07) is 9.49. The molecule has 3 rings (SSSR count). The molecule has 9 heteroatoms. The lowest BCUT2D eigenvalue weighted by molar-refractivity contribution is -0.154. The Morgan fingerprint density at radius 2 is 1.80 bits per heavy atom. The second kappa shape index (κ2) is 8.32. The van der Waals surface area contributed by atoms with Gasteiger partial charge in [0, 0.05) is 6.07 Å². The van der Waals surface area contributed by atoms with Crippen molar-refractivity contribution >= 4 is 17.1 Å². The average molecular weight is 420 g/mol. The number of carbonyl (C=O) groups is 1. The number of halogens is 3. The molecule has 0 aliphatic carbocycles. The molecule has 0 radical (unpaired) electrons. The van der Waals surface area contributed by atoms with Crippen LogP contribution in [0, 0.1) is 6.92 Å². The van der Waals surface area contributed by atoms with Crippen LogP contribution in [-0.2, 0) is 10.9 Å². The SMILES string of the molecule is C=CCOC(=O)Oc1ccc2c(=O)c(Oc3ccc(C)cc3)c(C(F)(F)F)oc2c1. The number of benzene rings is 2. The molecule has 3 aromatic rings. The number of rotatable bonds is 5. The molecule has 0 atom stereocenters. The third kappa shape index (κ3) is 4.62. The van der Waals surface area contributed by atoms with Crippen LogP contribution in [-0.4, -0.2) is 12.8 Å². The minimum Gasteiger partial charge on any atom is -0.449 e. The Hall–Kier alpha value is -3.75. The van der Waals surface area contributed by atoms with Gasteiger partial charge < -0.3 is 18.6 Å². The molecule has 0 amide bonds. The van der Waals surface area contributed by atoms with Gasteiger partial charge in [0.15, 0.2) is 0 Å². The van der Waals surface area contributed by atoms with Gasteiger partial charge in [-0.05, 0) is 31.2 Å². The zero-order valence-corrected chi connectivity index (χ0v) is 15.6. The van der Waals surface area contributed by atoms with Crippen molar-refractivity contribution in [3.05, 3.63) is 76.7 Å². The van der Waals surface area contributed by atoms with Crippen molar-refractivity contribution in [2.45, 2.75) is 13.1 Å². The fourth-order valence-electron chi connectivity index (χ4n) is 2.48. The number of alkyl halides is 3. The van der Waals surface area contributed by atoms with Crippen molar-refractivity contribution in [1.29, 1.82) is 0 Å². The number of aryl methyl sites for hydroxylation is 1. The number of fused-ring (bicyclic) bond motifs is 1. The lowest BCUT2D eigenvalue weighted by Crippen LogP contribution is -2.16. The lowest BCUT2D eigenvalue weighted by Gasteiger charge is -2.13. The summed E-state index contributed by atoms with van der Waals surface area (Å²) in [5.74, 6) is -2.72. The van der Waals surface area contributed by atoms with Crippen LogP contribution in [0.2, 0.25) is 0 Å². The molecule has 30 heavy (non-hydrogen) atoms. The van der Waals surface area contributed by atoms with E-state index in [4.69, 9.17) is 13.9 Å². The largest absolute Gasteiger partial charge is 0.514 e. The lowest BCUT2D eigenvalue weighted by atomic mass is 10.2. The Bertz CT molecular complexity index is 1150. The minimum atomic E-state index is -5.01. The summed E-state index contributed by atoms with van der Waals surface area (Å²) in [5.41, 5.74) is -0.592. The molecule has 0 saturated heterocycles. The average Bonchev–Trinajstić information content (AvgIpc) is 2.69. The Morgan fingerprint density at radius 1 is 1.13 bits per heavy atom. The van der Waals surface area contributed by atoms with Gasteiger partial charge in [-0.25, -0.2) is 4.79 Å². The molecule has 0 aliphatic heterocycles. The molecule has 2 aromatic carbocycles. The van der Waals surface area contributed by atoms with E-state index < -0.39 is 34.9 Å². The summed E-state index contributed by atoms with van der Waals surface area (Å²) >= 11 is 0. The van der Waals surface area contributed by atoms with Crippen molar-refractivity contribution in [3.63, 3.8) is 0 Å². The van der Waals surface area contributed by atoms with Gasteiger partial charge >= 0.3 is 12.3 Å². The highest BCUT2D eigenvalue weighted by Crippen LogP contribution is 2.38. The summed E-state index contributed by atoms with van der Waals surface area (Å²) in [4.78, 5) is 24.2. The van der Waals surface area contributed by atoms with Crippen molar-refractivity contribution in [1.82, 2.24) is 0 Å². The first-order valence-corrected chi connectivity index (χ1v) is 8.57. The monoisotopic (exact) mass is 420 g/mol.